The minimum Gasteiger partial charge on any atom is -0.229 e. The van der Waals surface area contributed by atoms with Crippen molar-refractivity contribution in [2.24, 2.45) is 7.05 Å². The standard InChI is InChI=1S/C8H6BrClN4.H24P22/c1-14-8(11-12-13-14)5-2-3-6(9)7(10)4-5;1-13(2)19(14(3)4)22(20(15(5)6)16(7)8)21(17(9)10)18(11)12/h2-4H,1H3;1-12H2. The maximum absolute atomic E-state index is 5.96. The van der Waals surface area contributed by atoms with Crippen LogP contribution in [0.25, 0.3) is 11.4 Å². The summed E-state index contributed by atoms with van der Waals surface area (Å²) in [4.78, 5) is 0. The van der Waals surface area contributed by atoms with E-state index in [4.69, 9.17) is 11.6 Å². The summed E-state index contributed by atoms with van der Waals surface area (Å²) >= 11 is 9.28. The lowest BCUT2D eigenvalue weighted by atomic mass is 10.2. The fraction of sp³-hybridized carbons (Fsp3) is 0.125. The lowest BCUT2D eigenvalue weighted by molar-refractivity contribution is 0.714. The van der Waals surface area contributed by atoms with E-state index >= 15 is 0 Å². The van der Waals surface area contributed by atoms with Gasteiger partial charge < -0.3 is 0 Å². The van der Waals surface area contributed by atoms with Crippen LogP contribution in [0.4, 0.5) is 0 Å². The molecule has 0 fully saturated rings. The van der Waals surface area contributed by atoms with Gasteiger partial charge in [0.2, 0.25) is 0 Å². The largest absolute Gasteiger partial charge is 0.229 e. The number of hydrogen-bond acceptors (Lipinski definition) is 3. The number of benzene rings is 1. The summed E-state index contributed by atoms with van der Waals surface area (Å²) in [7, 11) is 40.0. The van der Waals surface area contributed by atoms with Crippen molar-refractivity contribution in [2.45, 2.75) is 0 Å². The predicted molar refractivity (Wildman–Crippen MR) is 243 cm³/mol. The SMILES string of the molecule is Cn1nnnc1-c1ccc(Br)c(Cl)c1.PP(P)P(P(P)P)P(P(P(P)P)P(P)P)P(P(P)P)P(P)P. The second-order valence-corrected chi connectivity index (χ2v) is 94.6. The highest BCUT2D eigenvalue weighted by atomic mass is 79.9. The molecule has 0 saturated carbocycles. The third-order valence-electron chi connectivity index (χ3n) is 3.52. The van der Waals surface area contributed by atoms with Gasteiger partial charge in [0.15, 0.2) is 5.82 Å². The van der Waals surface area contributed by atoms with Crippen LogP contribution in [-0.2, 0) is 7.05 Å². The number of hydrogen-bond donors (Lipinski definition) is 0. The highest BCUT2D eigenvalue weighted by Crippen LogP contribution is 3.32. The molecular formula is C8H30BrClN4P22. The van der Waals surface area contributed by atoms with Gasteiger partial charge in [-0.15, -0.1) is 112 Å². The Labute approximate surface area is 268 Å². The molecule has 0 aliphatic rings. The lowest BCUT2D eigenvalue weighted by Crippen LogP contribution is -1.94. The van der Waals surface area contributed by atoms with Crippen molar-refractivity contribution < 1.29 is 0 Å². The molecule has 1 heterocycles. The number of nitrogens with zero attached hydrogens (tertiary/aromatic N) is 4. The van der Waals surface area contributed by atoms with Gasteiger partial charge in [0, 0.05) is 17.1 Å². The number of aryl methyl sites for hydroxylation is 1. The summed E-state index contributed by atoms with van der Waals surface area (Å²) in [5.74, 6) is 0.694. The van der Waals surface area contributed by atoms with Crippen molar-refractivity contribution in [3.63, 3.8) is 0 Å². The quantitative estimate of drug-likeness (QED) is 0.223. The molecule has 2 rings (SSSR count). The second-order valence-electron chi connectivity index (χ2n) is 6.11. The van der Waals surface area contributed by atoms with Crippen LogP contribution in [0.1, 0.15) is 0 Å². The van der Waals surface area contributed by atoms with Crippen LogP contribution in [0.5, 0.6) is 0 Å². The first-order chi connectivity index (χ1) is 16.6. The minimum atomic E-state index is 0.00720. The molecule has 12 atom stereocenters. The molecule has 0 saturated heterocycles. The van der Waals surface area contributed by atoms with Crippen LogP contribution >= 0.6 is 205 Å². The van der Waals surface area contributed by atoms with E-state index in [1.807, 2.05) is 18.2 Å². The number of rotatable bonds is 10. The van der Waals surface area contributed by atoms with Crippen molar-refractivity contribution in [1.82, 2.24) is 20.2 Å². The maximum Gasteiger partial charge on any atom is 0.181 e. The molecular weight excluding hydrogens is 949 g/mol. The van der Waals surface area contributed by atoms with Crippen molar-refractivity contribution in [1.29, 1.82) is 0 Å². The smallest absolute Gasteiger partial charge is 0.181 e. The van der Waals surface area contributed by atoms with E-state index in [2.05, 4.69) is 139 Å². The van der Waals surface area contributed by atoms with E-state index in [9.17, 15) is 0 Å². The van der Waals surface area contributed by atoms with Gasteiger partial charge in [0.05, 0.1) is 5.02 Å². The van der Waals surface area contributed by atoms with Gasteiger partial charge in [0.1, 0.15) is 0 Å². The van der Waals surface area contributed by atoms with E-state index < -0.39 is 0 Å². The van der Waals surface area contributed by atoms with Gasteiger partial charge in [-0.05, 0) is 114 Å². The molecule has 0 spiro atoms. The zero-order chi connectivity index (χ0) is 27.9. The first kappa shape index (κ1) is 42.5. The molecule has 28 heteroatoms. The van der Waals surface area contributed by atoms with Crippen LogP contribution in [0.2, 0.25) is 5.02 Å². The molecule has 0 amide bonds. The highest BCUT2D eigenvalue weighted by Gasteiger charge is 2.44. The zero-order valence-electron chi connectivity index (χ0n) is 18.7. The van der Waals surface area contributed by atoms with Gasteiger partial charge in [-0.2, -0.15) is 0 Å². The first-order valence-corrected chi connectivity index (χ1v) is 49.1. The van der Waals surface area contributed by atoms with E-state index in [0.29, 0.717) is 10.8 Å². The number of halogens is 2. The molecule has 36 heavy (non-hydrogen) atoms. The third kappa shape index (κ3) is 14.3. The fourth-order valence-corrected chi connectivity index (χ4v) is 275. The van der Waals surface area contributed by atoms with Crippen LogP contribution in [-0.4, -0.2) is 20.2 Å². The predicted octanol–water partition coefficient (Wildman–Crippen LogP) is 14.8. The monoisotopic (exact) mass is 978 g/mol. The molecule has 4 nitrogen and oxygen atoms in total. The average Bonchev–Trinajstić information content (AvgIpc) is 3.15. The van der Waals surface area contributed by atoms with Gasteiger partial charge in [-0.3, -0.25) is 0 Å². The average molecular weight is 979 g/mol. The van der Waals surface area contributed by atoms with Crippen molar-refractivity contribution in [3.05, 3.63) is 27.7 Å². The summed E-state index contributed by atoms with van der Waals surface area (Å²) in [6.07, 6.45) is 0. The van der Waals surface area contributed by atoms with Crippen LogP contribution < -0.4 is 0 Å². The van der Waals surface area contributed by atoms with Gasteiger partial charge in [0.25, 0.3) is 0 Å². The Balaban J connectivity index is 0.000000393. The molecule has 0 radical (unpaired) electrons. The Kier molecular flexibility index (Phi) is 26.2. The Morgan fingerprint density at radius 3 is 1.36 bits per heavy atom. The summed E-state index contributed by atoms with van der Waals surface area (Å²) in [5.41, 5.74) is 0.894. The molecule has 1 aromatic heterocycles. The Bertz CT molecular complexity index is 858. The third-order valence-corrected chi connectivity index (χ3v) is 142. The minimum absolute atomic E-state index is 0.00720. The Hall–Kier alpha value is 8.52. The van der Waals surface area contributed by atoms with Crippen molar-refractivity contribution in [3.8, 4) is 11.4 Å². The first-order valence-electron chi connectivity index (χ1n) is 8.76. The van der Waals surface area contributed by atoms with Crippen molar-refractivity contribution in [2.75, 3.05) is 0 Å². The summed E-state index contributed by atoms with van der Waals surface area (Å²) in [6.45, 7) is 0.507. The summed E-state index contributed by atoms with van der Waals surface area (Å²) in [5, 5.41) is 11.8. The number of tetrazole rings is 1. The van der Waals surface area contributed by atoms with Crippen LogP contribution in [0.3, 0.4) is 0 Å². The highest BCUT2D eigenvalue weighted by molar-refractivity contribution is 9.38. The van der Waals surface area contributed by atoms with E-state index in [1.54, 1.807) is 11.7 Å². The summed E-state index contributed by atoms with van der Waals surface area (Å²) in [6, 6.07) is 5.59. The van der Waals surface area contributed by atoms with Crippen LogP contribution in [0, 0.1) is 0 Å². The molecule has 0 N–H and O–H groups in total. The molecule has 0 aliphatic heterocycles. The molecule has 2 aromatic rings. The molecule has 12 unspecified atom stereocenters. The normalized spacial score (nSPS) is 12.6. The van der Waals surface area contributed by atoms with Gasteiger partial charge in [-0.25, -0.2) is 4.68 Å². The van der Waals surface area contributed by atoms with E-state index in [0.717, 1.165) is 10.0 Å². The van der Waals surface area contributed by atoms with E-state index in [1.165, 1.54) is 0 Å². The summed E-state index contributed by atoms with van der Waals surface area (Å²) < 4.78 is 2.46. The van der Waals surface area contributed by atoms with Crippen molar-refractivity contribution >= 4 is 205 Å². The Morgan fingerprint density at radius 1 is 0.694 bits per heavy atom. The second kappa shape index (κ2) is 22.2. The molecule has 0 aliphatic carbocycles. The number of aromatic nitrogens is 4. The maximum atomic E-state index is 5.96. The lowest BCUT2D eigenvalue weighted by Gasteiger charge is -2.47. The Morgan fingerprint density at radius 2 is 1.08 bits per heavy atom. The van der Waals surface area contributed by atoms with E-state index in [-0.39, 0.29) is 69.9 Å². The molecule has 1 aromatic carbocycles. The van der Waals surface area contributed by atoms with Gasteiger partial charge >= 0.3 is 0 Å². The topological polar surface area (TPSA) is 43.6 Å². The van der Waals surface area contributed by atoms with Crippen LogP contribution in [0.15, 0.2) is 22.7 Å². The van der Waals surface area contributed by atoms with Gasteiger partial charge in [-0.1, -0.05) is 11.6 Å². The fourth-order valence-electron chi connectivity index (χ4n) is 2.24. The molecule has 0 bridgehead atoms. The zero-order valence-corrected chi connectivity index (χ0v) is 43.8. The molecule has 206 valence electrons.